The van der Waals surface area contributed by atoms with Crippen molar-refractivity contribution >= 4 is 22.5 Å². The van der Waals surface area contributed by atoms with E-state index in [0.717, 1.165) is 30.4 Å². The first-order valence-electron chi connectivity index (χ1n) is 11.2. The smallest absolute Gasteiger partial charge is 0.337 e. The molecule has 5 heterocycles. The number of nitrogens with zero attached hydrogens (tertiary/aromatic N) is 6. The van der Waals surface area contributed by atoms with E-state index in [4.69, 9.17) is 0 Å². The highest BCUT2D eigenvalue weighted by atomic mass is 19.4. The van der Waals surface area contributed by atoms with Crippen molar-refractivity contribution in [3.8, 4) is 11.4 Å². The second-order valence-electron chi connectivity index (χ2n) is 8.55. The number of likely N-dealkylation sites (tertiary alicyclic amines) is 1. The van der Waals surface area contributed by atoms with Crippen LogP contribution in [0.2, 0.25) is 0 Å². The Bertz CT molecular complexity index is 1380. The van der Waals surface area contributed by atoms with Gasteiger partial charge in [0.05, 0.1) is 17.4 Å². The number of alkyl halides is 5. The maximum atomic E-state index is 13.4. The number of carbonyl (C=O) groups is 1. The first kappa shape index (κ1) is 23.2. The summed E-state index contributed by atoms with van der Waals surface area (Å²) in [5, 5.41) is 4.41. The van der Waals surface area contributed by atoms with Crippen LogP contribution in [0.25, 0.3) is 27.9 Å². The highest BCUT2D eigenvalue weighted by molar-refractivity contribution is 5.99. The van der Waals surface area contributed by atoms with Gasteiger partial charge >= 0.3 is 6.18 Å². The molecular formula is C23H21F5N6O. The van der Waals surface area contributed by atoms with Gasteiger partial charge in [0.2, 0.25) is 0 Å². The van der Waals surface area contributed by atoms with Crippen LogP contribution in [-0.2, 0) is 6.54 Å². The number of carbonyl (C=O) groups excluding carboxylic acids is 1. The molecule has 0 aromatic carbocycles. The average molecular weight is 492 g/mol. The zero-order valence-electron chi connectivity index (χ0n) is 18.5. The van der Waals surface area contributed by atoms with Crippen molar-refractivity contribution in [3.63, 3.8) is 0 Å². The molecular weight excluding hydrogens is 471 g/mol. The number of hydrogen-bond acceptors (Lipinski definition) is 4. The Kier molecular flexibility index (Phi) is 5.89. The van der Waals surface area contributed by atoms with Crippen LogP contribution in [0.1, 0.15) is 48.2 Å². The Hall–Kier alpha value is -3.57. The van der Waals surface area contributed by atoms with Crippen LogP contribution in [0.5, 0.6) is 0 Å². The molecule has 0 aliphatic carbocycles. The van der Waals surface area contributed by atoms with Gasteiger partial charge in [0.25, 0.3) is 12.3 Å². The van der Waals surface area contributed by atoms with E-state index in [-0.39, 0.29) is 39.5 Å². The van der Waals surface area contributed by atoms with E-state index in [9.17, 15) is 26.7 Å². The Morgan fingerprint density at radius 1 is 1.03 bits per heavy atom. The van der Waals surface area contributed by atoms with E-state index in [1.54, 1.807) is 4.90 Å². The van der Waals surface area contributed by atoms with Crippen molar-refractivity contribution in [3.05, 3.63) is 48.0 Å². The van der Waals surface area contributed by atoms with Crippen LogP contribution in [0.3, 0.4) is 0 Å². The number of pyridine rings is 2. The summed E-state index contributed by atoms with van der Waals surface area (Å²) in [7, 11) is 0. The minimum absolute atomic E-state index is 0.0346. The van der Waals surface area contributed by atoms with Crippen molar-refractivity contribution < 1.29 is 26.7 Å². The fraction of sp³-hybridized carbons (Fsp3) is 0.391. The third-order valence-corrected chi connectivity index (χ3v) is 6.10. The van der Waals surface area contributed by atoms with Crippen LogP contribution in [0, 0.1) is 0 Å². The molecule has 0 unspecified atom stereocenters. The lowest BCUT2D eigenvalue weighted by molar-refractivity contribution is -0.141. The van der Waals surface area contributed by atoms with Gasteiger partial charge in [-0.05, 0) is 31.0 Å². The molecule has 4 aromatic heterocycles. The quantitative estimate of drug-likeness (QED) is 0.365. The zero-order chi connectivity index (χ0) is 24.7. The predicted molar refractivity (Wildman–Crippen MR) is 117 cm³/mol. The monoisotopic (exact) mass is 492 g/mol. The summed E-state index contributed by atoms with van der Waals surface area (Å²) in [4.78, 5) is 23.1. The van der Waals surface area contributed by atoms with Gasteiger partial charge in [0.15, 0.2) is 0 Å². The number of halogens is 5. The van der Waals surface area contributed by atoms with Gasteiger partial charge in [-0.15, -0.1) is 0 Å². The zero-order valence-corrected chi connectivity index (χ0v) is 18.5. The molecule has 4 aromatic rings. The summed E-state index contributed by atoms with van der Waals surface area (Å²) in [5.41, 5.74) is 0.521. The molecule has 0 N–H and O–H groups in total. The van der Waals surface area contributed by atoms with Gasteiger partial charge in [-0.3, -0.25) is 18.9 Å². The van der Waals surface area contributed by atoms with E-state index in [1.807, 2.05) is 0 Å². The Labute approximate surface area is 196 Å². The second-order valence-corrected chi connectivity index (χ2v) is 8.55. The lowest BCUT2D eigenvalue weighted by Gasteiger charge is -2.19. The largest absolute Gasteiger partial charge is 0.408 e. The number of imidazole rings is 1. The molecule has 0 atom stereocenters. The summed E-state index contributed by atoms with van der Waals surface area (Å²) >= 11 is 0. The second kappa shape index (κ2) is 8.90. The fourth-order valence-electron chi connectivity index (χ4n) is 4.40. The Balaban J connectivity index is 1.63. The topological polar surface area (TPSA) is 68.3 Å². The van der Waals surface area contributed by atoms with Crippen molar-refractivity contribution in [1.82, 2.24) is 29.0 Å². The molecule has 0 radical (unpaired) electrons. The molecule has 1 saturated heterocycles. The Morgan fingerprint density at radius 2 is 1.77 bits per heavy atom. The maximum Gasteiger partial charge on any atom is 0.408 e. The van der Waals surface area contributed by atoms with Crippen molar-refractivity contribution in [2.24, 2.45) is 0 Å². The summed E-state index contributed by atoms with van der Waals surface area (Å²) in [5.74, 6) is -0.341. The molecule has 5 rings (SSSR count). The van der Waals surface area contributed by atoms with Crippen LogP contribution < -0.4 is 0 Å². The summed E-state index contributed by atoms with van der Waals surface area (Å²) in [6.07, 6.45) is 0.307. The lowest BCUT2D eigenvalue weighted by atomic mass is 10.2. The number of rotatable bonds is 4. The summed E-state index contributed by atoms with van der Waals surface area (Å²) < 4.78 is 68.7. The maximum absolute atomic E-state index is 13.4. The summed E-state index contributed by atoms with van der Waals surface area (Å²) in [6, 6.07) is 3.95. The molecule has 1 aliphatic rings. The molecule has 12 heteroatoms. The third-order valence-electron chi connectivity index (χ3n) is 6.10. The molecule has 0 bridgehead atoms. The number of amides is 1. The molecule has 1 amide bonds. The highest BCUT2D eigenvalue weighted by Crippen LogP contribution is 2.32. The molecule has 1 fully saturated rings. The average Bonchev–Trinajstić information content (AvgIpc) is 3.26. The molecule has 7 nitrogen and oxygen atoms in total. The van der Waals surface area contributed by atoms with Crippen molar-refractivity contribution in [2.45, 2.75) is 44.8 Å². The van der Waals surface area contributed by atoms with Gasteiger partial charge in [-0.1, -0.05) is 12.8 Å². The van der Waals surface area contributed by atoms with Crippen LogP contribution in [0.15, 0.2) is 36.8 Å². The normalized spacial score (nSPS) is 15.3. The first-order valence-corrected chi connectivity index (χ1v) is 11.2. The third kappa shape index (κ3) is 4.56. The van der Waals surface area contributed by atoms with Gasteiger partial charge in [0, 0.05) is 36.4 Å². The molecule has 0 spiro atoms. The van der Waals surface area contributed by atoms with Gasteiger partial charge in [0.1, 0.15) is 23.6 Å². The highest BCUT2D eigenvalue weighted by Gasteiger charge is 2.31. The molecule has 1 aliphatic heterocycles. The standard InChI is InChI=1S/C23H21F5N6O/c24-21(25)14-5-6-19-30-11-18(33(19)12-14)20-15-10-29-16(22(35)32-7-3-1-2-4-8-32)9-17(15)34(31-20)13-23(26,27)28/h5-6,9-12,21H,1-4,7-8,13H2. The van der Waals surface area contributed by atoms with Crippen LogP contribution in [-0.4, -0.2) is 54.2 Å². The van der Waals surface area contributed by atoms with Crippen LogP contribution in [0.4, 0.5) is 22.0 Å². The fourth-order valence-corrected chi connectivity index (χ4v) is 4.40. The van der Waals surface area contributed by atoms with Crippen molar-refractivity contribution in [2.75, 3.05) is 13.1 Å². The van der Waals surface area contributed by atoms with Gasteiger partial charge in [-0.2, -0.15) is 18.3 Å². The van der Waals surface area contributed by atoms with Gasteiger partial charge in [-0.25, -0.2) is 13.8 Å². The Morgan fingerprint density at radius 3 is 2.46 bits per heavy atom. The first-order chi connectivity index (χ1) is 16.7. The summed E-state index contributed by atoms with van der Waals surface area (Å²) in [6.45, 7) is -0.246. The van der Waals surface area contributed by atoms with Crippen LogP contribution >= 0.6 is 0 Å². The van der Waals surface area contributed by atoms with E-state index >= 15 is 0 Å². The van der Waals surface area contributed by atoms with E-state index < -0.39 is 19.1 Å². The number of aromatic nitrogens is 5. The van der Waals surface area contributed by atoms with E-state index in [2.05, 4.69) is 15.1 Å². The molecule has 35 heavy (non-hydrogen) atoms. The van der Waals surface area contributed by atoms with Crippen molar-refractivity contribution in [1.29, 1.82) is 0 Å². The molecule has 184 valence electrons. The predicted octanol–water partition coefficient (Wildman–Crippen LogP) is 5.26. The SMILES string of the molecule is O=C(c1cc2c(cn1)c(-c1cnc3ccc(C(F)F)cn13)nn2CC(F)(F)F)N1CCCCCC1. The van der Waals surface area contributed by atoms with E-state index in [0.29, 0.717) is 18.7 Å². The van der Waals surface area contributed by atoms with Gasteiger partial charge < -0.3 is 4.90 Å². The number of fused-ring (bicyclic) bond motifs is 2. The minimum atomic E-state index is -4.57. The molecule has 0 saturated carbocycles. The van der Waals surface area contributed by atoms with E-state index in [1.165, 1.54) is 41.2 Å². The number of hydrogen-bond donors (Lipinski definition) is 0. The minimum Gasteiger partial charge on any atom is -0.337 e. The lowest BCUT2D eigenvalue weighted by Crippen LogP contribution is -2.32.